The summed E-state index contributed by atoms with van der Waals surface area (Å²) in [5, 5.41) is 0. The quantitative estimate of drug-likeness (QED) is 0.520. The number of hydrogen-bond acceptors (Lipinski definition) is 0. The van der Waals surface area contributed by atoms with Crippen molar-refractivity contribution in [2.75, 3.05) is 0 Å². The van der Waals surface area contributed by atoms with Gasteiger partial charge in [0.05, 0.1) is 0 Å². The van der Waals surface area contributed by atoms with Crippen LogP contribution in [0, 0.1) is 5.92 Å². The second-order valence-corrected chi connectivity index (χ2v) is 4.78. The maximum atomic E-state index is 2.64. The Kier molecular flexibility index (Phi) is 3.46. The van der Waals surface area contributed by atoms with E-state index in [0.717, 1.165) is 5.92 Å². The molecule has 0 heterocycles. The van der Waals surface area contributed by atoms with E-state index in [4.69, 9.17) is 0 Å². The third-order valence-corrected chi connectivity index (χ3v) is 3.62. The highest BCUT2D eigenvalue weighted by atomic mass is 14.2. The van der Waals surface area contributed by atoms with Crippen molar-refractivity contribution in [3.05, 3.63) is 11.6 Å². The van der Waals surface area contributed by atoms with Gasteiger partial charge < -0.3 is 0 Å². The van der Waals surface area contributed by atoms with Gasteiger partial charge in [0.25, 0.3) is 0 Å². The lowest BCUT2D eigenvalue weighted by atomic mass is 9.85. The van der Waals surface area contributed by atoms with Crippen LogP contribution in [0.5, 0.6) is 0 Å². The molecule has 0 nitrogen and oxygen atoms in total. The Hall–Kier alpha value is -0.260. The van der Waals surface area contributed by atoms with Crippen LogP contribution in [0.4, 0.5) is 0 Å². The van der Waals surface area contributed by atoms with Gasteiger partial charge in [0.15, 0.2) is 0 Å². The Labute approximate surface area is 82.4 Å². The third-order valence-electron chi connectivity index (χ3n) is 3.62. The largest absolute Gasteiger partial charge is 0.0822 e. The van der Waals surface area contributed by atoms with Crippen LogP contribution < -0.4 is 0 Å². The van der Waals surface area contributed by atoms with Crippen LogP contribution >= 0.6 is 0 Å². The molecule has 2 fully saturated rings. The normalized spacial score (nSPS) is 26.0. The van der Waals surface area contributed by atoms with E-state index in [9.17, 15) is 0 Å². The second kappa shape index (κ2) is 4.83. The Morgan fingerprint density at radius 1 is 0.769 bits per heavy atom. The molecule has 0 aromatic heterocycles. The molecule has 74 valence electrons. The molecule has 0 bridgehead atoms. The molecule has 0 spiro atoms. The van der Waals surface area contributed by atoms with Crippen molar-refractivity contribution in [3.63, 3.8) is 0 Å². The fourth-order valence-electron chi connectivity index (χ4n) is 2.81. The Morgan fingerprint density at radius 3 is 2.08 bits per heavy atom. The van der Waals surface area contributed by atoms with Crippen molar-refractivity contribution >= 4 is 0 Å². The Bertz CT molecular complexity index is 164. The lowest BCUT2D eigenvalue weighted by molar-refractivity contribution is 0.414. The minimum absolute atomic E-state index is 0.960. The van der Waals surface area contributed by atoms with Crippen LogP contribution in [0.2, 0.25) is 0 Å². The summed E-state index contributed by atoms with van der Waals surface area (Å²) in [5.74, 6) is 0.960. The average Bonchev–Trinajstić information content (AvgIpc) is 2.21. The van der Waals surface area contributed by atoms with Gasteiger partial charge in [-0.3, -0.25) is 0 Å². The van der Waals surface area contributed by atoms with Gasteiger partial charge in [-0.05, 0) is 44.4 Å². The van der Waals surface area contributed by atoms with E-state index in [1.54, 1.807) is 5.57 Å². The smallest absolute Gasteiger partial charge is 0.0231 e. The van der Waals surface area contributed by atoms with Crippen LogP contribution in [-0.2, 0) is 0 Å². The highest BCUT2D eigenvalue weighted by Gasteiger charge is 2.13. The van der Waals surface area contributed by atoms with Crippen molar-refractivity contribution in [1.82, 2.24) is 0 Å². The monoisotopic (exact) mass is 178 g/mol. The molecule has 2 aliphatic rings. The Balaban J connectivity index is 1.85. The summed E-state index contributed by atoms with van der Waals surface area (Å²) >= 11 is 0. The van der Waals surface area contributed by atoms with E-state index in [2.05, 4.69) is 6.08 Å². The van der Waals surface area contributed by atoms with Crippen LogP contribution in [0.15, 0.2) is 11.6 Å². The van der Waals surface area contributed by atoms with Crippen LogP contribution in [0.3, 0.4) is 0 Å². The number of hydrogen-bond donors (Lipinski definition) is 0. The molecule has 2 saturated carbocycles. The highest BCUT2D eigenvalue weighted by Crippen LogP contribution is 2.30. The van der Waals surface area contributed by atoms with Gasteiger partial charge in [0.2, 0.25) is 0 Å². The molecule has 2 rings (SSSR count). The van der Waals surface area contributed by atoms with Gasteiger partial charge in [-0.25, -0.2) is 0 Å². The third kappa shape index (κ3) is 2.86. The molecule has 0 radical (unpaired) electrons. The lowest BCUT2D eigenvalue weighted by Crippen LogP contribution is -2.05. The summed E-state index contributed by atoms with van der Waals surface area (Å²) in [6.07, 6.45) is 17.2. The predicted octanol–water partition coefficient (Wildman–Crippen LogP) is 4.46. The first-order valence-corrected chi connectivity index (χ1v) is 6.15. The molecule has 0 atom stereocenters. The van der Waals surface area contributed by atoms with Crippen molar-refractivity contribution in [1.29, 1.82) is 0 Å². The molecule has 0 heteroatoms. The van der Waals surface area contributed by atoms with Crippen molar-refractivity contribution in [2.45, 2.75) is 64.2 Å². The van der Waals surface area contributed by atoms with E-state index in [1.807, 2.05) is 0 Å². The minimum atomic E-state index is 0.960. The molecule has 0 saturated heterocycles. The van der Waals surface area contributed by atoms with Crippen molar-refractivity contribution < 1.29 is 0 Å². The standard InChI is InChI=1S/C13H22/c1-3-7-12(8-4-1)11-13-9-5-2-6-10-13/h11-12H,1-10H2. The average molecular weight is 178 g/mol. The van der Waals surface area contributed by atoms with Crippen LogP contribution in [-0.4, -0.2) is 0 Å². The van der Waals surface area contributed by atoms with Crippen molar-refractivity contribution in [2.24, 2.45) is 5.92 Å². The molecule has 0 aromatic carbocycles. The van der Waals surface area contributed by atoms with Gasteiger partial charge in [0, 0.05) is 0 Å². The second-order valence-electron chi connectivity index (χ2n) is 4.78. The SMILES string of the molecule is C(=C1CCCCC1)C1CCCCC1. The zero-order chi connectivity index (χ0) is 8.93. The summed E-state index contributed by atoms with van der Waals surface area (Å²) in [4.78, 5) is 0. The minimum Gasteiger partial charge on any atom is -0.0822 e. The first kappa shape index (κ1) is 9.30. The molecule has 0 aromatic rings. The maximum absolute atomic E-state index is 2.64. The first-order valence-electron chi connectivity index (χ1n) is 6.15. The zero-order valence-electron chi connectivity index (χ0n) is 8.73. The molecule has 2 aliphatic carbocycles. The molecular formula is C13H22. The summed E-state index contributed by atoms with van der Waals surface area (Å²) < 4.78 is 0. The van der Waals surface area contributed by atoms with E-state index in [1.165, 1.54) is 64.2 Å². The fraction of sp³-hybridized carbons (Fsp3) is 0.846. The summed E-state index contributed by atoms with van der Waals surface area (Å²) in [5.41, 5.74) is 1.79. The molecule has 13 heavy (non-hydrogen) atoms. The van der Waals surface area contributed by atoms with E-state index < -0.39 is 0 Å². The van der Waals surface area contributed by atoms with Crippen LogP contribution in [0.1, 0.15) is 64.2 Å². The zero-order valence-corrected chi connectivity index (χ0v) is 8.73. The highest BCUT2D eigenvalue weighted by molar-refractivity contribution is 5.06. The maximum Gasteiger partial charge on any atom is -0.0231 e. The number of allylic oxidation sites excluding steroid dienone is 2. The lowest BCUT2D eigenvalue weighted by Gasteiger charge is -2.21. The van der Waals surface area contributed by atoms with Crippen molar-refractivity contribution in [3.8, 4) is 0 Å². The summed E-state index contributed by atoms with van der Waals surface area (Å²) in [6.45, 7) is 0. The van der Waals surface area contributed by atoms with Gasteiger partial charge in [-0.1, -0.05) is 37.3 Å². The van der Waals surface area contributed by atoms with Crippen LogP contribution in [0.25, 0.3) is 0 Å². The van der Waals surface area contributed by atoms with Gasteiger partial charge >= 0.3 is 0 Å². The first-order chi connectivity index (χ1) is 6.45. The van der Waals surface area contributed by atoms with E-state index in [0.29, 0.717) is 0 Å². The molecule has 0 amide bonds. The van der Waals surface area contributed by atoms with E-state index >= 15 is 0 Å². The fourth-order valence-corrected chi connectivity index (χ4v) is 2.81. The Morgan fingerprint density at radius 2 is 1.38 bits per heavy atom. The summed E-state index contributed by atoms with van der Waals surface area (Å²) in [6, 6.07) is 0. The van der Waals surface area contributed by atoms with E-state index in [-0.39, 0.29) is 0 Å². The molecule has 0 unspecified atom stereocenters. The van der Waals surface area contributed by atoms with Gasteiger partial charge in [0.1, 0.15) is 0 Å². The predicted molar refractivity (Wildman–Crippen MR) is 57.7 cm³/mol. The summed E-state index contributed by atoms with van der Waals surface area (Å²) in [7, 11) is 0. The van der Waals surface area contributed by atoms with Gasteiger partial charge in [-0.2, -0.15) is 0 Å². The molecular weight excluding hydrogens is 156 g/mol. The molecule has 0 N–H and O–H groups in total. The molecule has 0 aliphatic heterocycles. The topological polar surface area (TPSA) is 0 Å². The van der Waals surface area contributed by atoms with Gasteiger partial charge in [-0.15, -0.1) is 0 Å². The number of rotatable bonds is 1.